The van der Waals surface area contributed by atoms with Crippen LogP contribution in [0.2, 0.25) is 0 Å². The maximum Gasteiger partial charge on any atom is 0.323 e. The molecule has 2 aliphatic rings. The van der Waals surface area contributed by atoms with Crippen LogP contribution in [-0.4, -0.2) is 45.8 Å². The van der Waals surface area contributed by atoms with Crippen molar-refractivity contribution in [3.8, 4) is 6.01 Å². The molecule has 0 aliphatic carbocycles. The summed E-state index contributed by atoms with van der Waals surface area (Å²) >= 11 is 0. The fourth-order valence-electron chi connectivity index (χ4n) is 4.57. The number of nitrogens with zero attached hydrogens (tertiary/aromatic N) is 5. The molecule has 2 aromatic rings. The maximum atomic E-state index is 12.3. The van der Waals surface area contributed by atoms with Crippen molar-refractivity contribution in [2.75, 3.05) is 36.5 Å². The van der Waals surface area contributed by atoms with E-state index in [4.69, 9.17) is 9.72 Å². The van der Waals surface area contributed by atoms with E-state index in [1.807, 2.05) is 17.6 Å². The quantitative estimate of drug-likeness (QED) is 0.634. The van der Waals surface area contributed by atoms with Crippen LogP contribution in [0.1, 0.15) is 57.6 Å². The fourth-order valence-corrected chi connectivity index (χ4v) is 4.57. The van der Waals surface area contributed by atoms with Gasteiger partial charge in [-0.2, -0.15) is 15.0 Å². The molecule has 1 saturated heterocycles. The molecule has 2 unspecified atom stereocenters. The largest absolute Gasteiger partial charge is 0.464 e. The maximum absolute atomic E-state index is 12.3. The lowest BCUT2D eigenvalue weighted by molar-refractivity contribution is 0.277. The van der Waals surface area contributed by atoms with E-state index >= 15 is 0 Å². The summed E-state index contributed by atoms with van der Waals surface area (Å²) in [6, 6.07) is 5.96. The van der Waals surface area contributed by atoms with Gasteiger partial charge < -0.3 is 19.5 Å². The molecule has 4 rings (SSSR count). The van der Waals surface area contributed by atoms with Crippen LogP contribution in [0.5, 0.6) is 6.01 Å². The number of unbranched alkanes of at least 4 members (excludes halogenated alkanes) is 3. The Morgan fingerprint density at radius 3 is 2.83 bits per heavy atom. The SMILES string of the molecule is CCCCCCNc1nc(OCC)nc(N2CC3CC(C2)c2cccc(=O)n2C3)n1. The average molecular weight is 413 g/mol. The molecule has 2 bridgehead atoms. The van der Waals surface area contributed by atoms with Gasteiger partial charge in [0.05, 0.1) is 6.61 Å². The Morgan fingerprint density at radius 1 is 1.10 bits per heavy atom. The minimum Gasteiger partial charge on any atom is -0.464 e. The second kappa shape index (κ2) is 9.45. The van der Waals surface area contributed by atoms with E-state index in [0.717, 1.165) is 44.7 Å². The summed E-state index contributed by atoms with van der Waals surface area (Å²) in [5.41, 5.74) is 1.22. The van der Waals surface area contributed by atoms with Crippen molar-refractivity contribution in [2.45, 2.75) is 58.4 Å². The number of fused-ring (bicyclic) bond motifs is 4. The molecular formula is C22H32N6O2. The zero-order valence-electron chi connectivity index (χ0n) is 18.0. The molecule has 8 heteroatoms. The second-order valence-electron chi connectivity index (χ2n) is 8.27. The summed E-state index contributed by atoms with van der Waals surface area (Å²) < 4.78 is 7.56. The number of anilines is 2. The van der Waals surface area contributed by atoms with Crippen LogP contribution in [0, 0.1) is 5.92 Å². The Bertz CT molecular complexity index is 915. The van der Waals surface area contributed by atoms with Gasteiger partial charge in [0, 0.05) is 43.9 Å². The van der Waals surface area contributed by atoms with Gasteiger partial charge in [-0.25, -0.2) is 0 Å². The fraction of sp³-hybridized carbons (Fsp3) is 0.636. The summed E-state index contributed by atoms with van der Waals surface area (Å²) in [4.78, 5) is 28.2. The van der Waals surface area contributed by atoms with Crippen LogP contribution in [0.15, 0.2) is 23.0 Å². The highest BCUT2D eigenvalue weighted by Crippen LogP contribution is 2.36. The Kier molecular flexibility index (Phi) is 6.50. The topological polar surface area (TPSA) is 85.2 Å². The molecule has 0 radical (unpaired) electrons. The number of ether oxygens (including phenoxy) is 1. The predicted octanol–water partition coefficient (Wildman–Crippen LogP) is 3.05. The molecule has 1 N–H and O–H groups in total. The first-order valence-corrected chi connectivity index (χ1v) is 11.2. The standard InChI is InChI=1S/C22H32N6O2/c1-3-5-6-7-11-23-20-24-21(26-22(25-20)30-4-2)27-13-16-12-17(15-27)18-9-8-10-19(29)28(18)14-16/h8-10,16-17H,3-7,11-15H2,1-2H3,(H,23,24,25,26). The molecule has 162 valence electrons. The van der Waals surface area contributed by atoms with Crippen LogP contribution >= 0.6 is 0 Å². The van der Waals surface area contributed by atoms with Gasteiger partial charge in [0.25, 0.3) is 5.56 Å². The first kappa shape index (κ1) is 20.6. The summed E-state index contributed by atoms with van der Waals surface area (Å²) in [5.74, 6) is 1.96. The molecule has 0 amide bonds. The molecule has 0 aromatic carbocycles. The third-order valence-electron chi connectivity index (χ3n) is 5.95. The van der Waals surface area contributed by atoms with E-state index < -0.39 is 0 Å². The van der Waals surface area contributed by atoms with Gasteiger partial charge in [0.15, 0.2) is 0 Å². The monoisotopic (exact) mass is 412 g/mol. The molecular weight excluding hydrogens is 380 g/mol. The number of nitrogens with one attached hydrogen (secondary N) is 1. The van der Waals surface area contributed by atoms with E-state index in [1.165, 1.54) is 19.3 Å². The molecule has 0 spiro atoms. The highest BCUT2D eigenvalue weighted by molar-refractivity contribution is 5.40. The summed E-state index contributed by atoms with van der Waals surface area (Å²) in [5, 5.41) is 3.34. The van der Waals surface area contributed by atoms with Crippen LogP contribution in [0.25, 0.3) is 0 Å². The zero-order valence-corrected chi connectivity index (χ0v) is 18.0. The van der Waals surface area contributed by atoms with Gasteiger partial charge in [0.2, 0.25) is 11.9 Å². The number of pyridine rings is 1. The third kappa shape index (κ3) is 4.57. The number of hydrogen-bond donors (Lipinski definition) is 1. The van der Waals surface area contributed by atoms with Crippen molar-refractivity contribution in [2.24, 2.45) is 5.92 Å². The summed E-state index contributed by atoms with van der Waals surface area (Å²) in [6.07, 6.45) is 5.87. The Balaban J connectivity index is 1.52. The van der Waals surface area contributed by atoms with E-state index in [0.29, 0.717) is 36.3 Å². The lowest BCUT2D eigenvalue weighted by Crippen LogP contribution is -2.47. The molecule has 8 nitrogen and oxygen atoms in total. The van der Waals surface area contributed by atoms with Gasteiger partial charge in [-0.1, -0.05) is 32.3 Å². The van der Waals surface area contributed by atoms with Gasteiger partial charge in [-0.15, -0.1) is 0 Å². The smallest absolute Gasteiger partial charge is 0.323 e. The zero-order chi connectivity index (χ0) is 20.9. The van der Waals surface area contributed by atoms with Crippen LogP contribution in [0.4, 0.5) is 11.9 Å². The Hall–Kier alpha value is -2.64. The summed E-state index contributed by atoms with van der Waals surface area (Å²) in [7, 11) is 0. The third-order valence-corrected chi connectivity index (χ3v) is 5.95. The first-order chi connectivity index (χ1) is 14.7. The van der Waals surface area contributed by atoms with Crippen molar-refractivity contribution in [3.63, 3.8) is 0 Å². The molecule has 0 saturated carbocycles. The number of aromatic nitrogens is 4. The van der Waals surface area contributed by atoms with Crippen molar-refractivity contribution in [1.82, 2.24) is 19.5 Å². The van der Waals surface area contributed by atoms with Gasteiger partial charge in [-0.05, 0) is 31.7 Å². The molecule has 2 atom stereocenters. The molecule has 30 heavy (non-hydrogen) atoms. The van der Waals surface area contributed by atoms with Crippen molar-refractivity contribution in [3.05, 3.63) is 34.2 Å². The van der Waals surface area contributed by atoms with Crippen molar-refractivity contribution in [1.29, 1.82) is 0 Å². The van der Waals surface area contributed by atoms with E-state index in [1.54, 1.807) is 6.07 Å². The normalized spacial score (nSPS) is 20.0. The Morgan fingerprint density at radius 2 is 2.00 bits per heavy atom. The first-order valence-electron chi connectivity index (χ1n) is 11.2. The van der Waals surface area contributed by atoms with E-state index in [2.05, 4.69) is 33.2 Å². The van der Waals surface area contributed by atoms with Gasteiger partial charge in [0.1, 0.15) is 0 Å². The lowest BCUT2D eigenvalue weighted by atomic mass is 9.83. The Labute approximate surface area is 177 Å². The van der Waals surface area contributed by atoms with E-state index in [-0.39, 0.29) is 5.56 Å². The minimum atomic E-state index is 0.101. The number of rotatable bonds is 9. The number of hydrogen-bond acceptors (Lipinski definition) is 7. The van der Waals surface area contributed by atoms with Crippen LogP contribution < -0.4 is 20.5 Å². The molecule has 2 aliphatic heterocycles. The highest BCUT2D eigenvalue weighted by Gasteiger charge is 2.35. The second-order valence-corrected chi connectivity index (χ2v) is 8.27. The predicted molar refractivity (Wildman–Crippen MR) is 117 cm³/mol. The average Bonchev–Trinajstić information content (AvgIpc) is 2.74. The minimum absolute atomic E-state index is 0.101. The van der Waals surface area contributed by atoms with Gasteiger partial charge >= 0.3 is 6.01 Å². The van der Waals surface area contributed by atoms with Crippen LogP contribution in [-0.2, 0) is 6.54 Å². The van der Waals surface area contributed by atoms with Crippen molar-refractivity contribution >= 4 is 11.9 Å². The van der Waals surface area contributed by atoms with Gasteiger partial charge in [-0.3, -0.25) is 4.79 Å². The highest BCUT2D eigenvalue weighted by atomic mass is 16.5. The van der Waals surface area contributed by atoms with Crippen molar-refractivity contribution < 1.29 is 4.74 Å². The molecule has 4 heterocycles. The lowest BCUT2D eigenvalue weighted by Gasteiger charge is -2.42. The molecule has 2 aromatic heterocycles. The van der Waals surface area contributed by atoms with E-state index in [9.17, 15) is 4.79 Å². The molecule has 1 fully saturated rings. The summed E-state index contributed by atoms with van der Waals surface area (Å²) in [6.45, 7) is 7.89. The van der Waals surface area contributed by atoms with Crippen LogP contribution in [0.3, 0.4) is 0 Å². The number of piperidine rings is 1.